The molecule has 0 aliphatic carbocycles. The van der Waals surface area contributed by atoms with E-state index in [1.807, 2.05) is 24.3 Å². The minimum atomic E-state index is -3.20. The van der Waals surface area contributed by atoms with Gasteiger partial charge < -0.3 is 10.2 Å². The van der Waals surface area contributed by atoms with Gasteiger partial charge in [-0.3, -0.25) is 14.3 Å². The summed E-state index contributed by atoms with van der Waals surface area (Å²) in [5, 5.41) is 3.99. The van der Waals surface area contributed by atoms with E-state index in [-0.39, 0.29) is 18.0 Å². The average Bonchev–Trinajstić information content (AvgIpc) is 3.08. The van der Waals surface area contributed by atoms with Crippen LogP contribution >= 0.6 is 0 Å². The number of likely N-dealkylation sites (N-methyl/N-ethyl adjacent to an activating group) is 1. The predicted octanol–water partition coefficient (Wildman–Crippen LogP) is 3.77. The predicted molar refractivity (Wildman–Crippen MR) is 191 cm³/mol. The van der Waals surface area contributed by atoms with E-state index in [9.17, 15) is 17.4 Å². The molecule has 0 bridgehead atoms. The van der Waals surface area contributed by atoms with E-state index in [0.717, 1.165) is 50.0 Å². The van der Waals surface area contributed by atoms with Crippen LogP contribution in [0.1, 0.15) is 48.6 Å². The Morgan fingerprint density at radius 1 is 0.938 bits per heavy atom. The molecule has 0 radical (unpaired) electrons. The van der Waals surface area contributed by atoms with E-state index in [4.69, 9.17) is 4.98 Å². The molecule has 5 heterocycles. The van der Waals surface area contributed by atoms with Crippen molar-refractivity contribution in [1.82, 2.24) is 33.0 Å². The summed E-state index contributed by atoms with van der Waals surface area (Å²) < 4.78 is 40.7. The van der Waals surface area contributed by atoms with E-state index in [1.165, 1.54) is 16.1 Å². The Balaban J connectivity index is 1.26. The number of likely N-dealkylation sites (tertiary alicyclic amines) is 1. The molecule has 0 spiro atoms. The van der Waals surface area contributed by atoms with Crippen LogP contribution in [0.3, 0.4) is 0 Å². The molecule has 0 amide bonds. The van der Waals surface area contributed by atoms with Gasteiger partial charge >= 0.3 is 0 Å². The van der Waals surface area contributed by atoms with Crippen LogP contribution in [-0.4, -0.2) is 105 Å². The number of nitrogens with one attached hydrogen (secondary N) is 1. The lowest BCUT2D eigenvalue weighted by atomic mass is 9.89. The monoisotopic (exact) mass is 692 g/mol. The van der Waals surface area contributed by atoms with Crippen LogP contribution in [0.15, 0.2) is 59.7 Å². The van der Waals surface area contributed by atoms with Gasteiger partial charge in [-0.15, -0.1) is 0 Å². The van der Waals surface area contributed by atoms with Crippen LogP contribution in [0.4, 0.5) is 11.6 Å². The maximum atomic E-state index is 14.0. The zero-order valence-corrected chi connectivity index (χ0v) is 29.6. The first-order chi connectivity index (χ1) is 23.0. The van der Waals surface area contributed by atoms with Crippen LogP contribution < -0.4 is 10.9 Å². The minimum absolute atomic E-state index is 0.202. The summed E-state index contributed by atoms with van der Waals surface area (Å²) in [6.45, 7) is 3.84. The normalized spacial score (nSPS) is 18.0. The number of benzene rings is 1. The van der Waals surface area contributed by atoms with Crippen molar-refractivity contribution in [2.24, 2.45) is 0 Å². The van der Waals surface area contributed by atoms with E-state index in [1.54, 1.807) is 40.6 Å². The largest absolute Gasteiger partial charge is 0.324 e. The van der Waals surface area contributed by atoms with Gasteiger partial charge in [-0.2, -0.15) is 4.98 Å². The number of piperidine rings is 2. The highest BCUT2D eigenvalue weighted by Gasteiger charge is 2.26. The number of nitrogens with zero attached hydrogens (tertiary/aromatic N) is 7. The number of sulfonamides is 1. The summed E-state index contributed by atoms with van der Waals surface area (Å²) in [7, 11) is -0.467. The van der Waals surface area contributed by atoms with Crippen molar-refractivity contribution in [3.8, 4) is 11.3 Å². The molecule has 48 heavy (non-hydrogen) atoms. The third-order valence-corrected chi connectivity index (χ3v) is 12.1. The fourth-order valence-electron chi connectivity index (χ4n) is 6.62. The molecular formula is C34H44N8O4S2. The standard InChI is InChI=1S/C34H44N8O4S2/c1-39-15-11-25(12-16-39)24-5-8-29(9-6-24)37-34-36-23-28-21-30(33(43)42(32(28)38-34)20-19-40(2)47(3)44)31-10-7-27(22-35-31)26-13-17-41(18-14-26)48(4,45)46/h5-10,21-23,25-26H,11-20H2,1-4H3,(H,36,37,38). The minimum Gasteiger partial charge on any atom is -0.324 e. The second-order valence-corrected chi connectivity index (χ2v) is 16.5. The lowest BCUT2D eigenvalue weighted by Crippen LogP contribution is -2.37. The second kappa shape index (κ2) is 14.5. The third-order valence-electron chi connectivity index (χ3n) is 9.72. The fraction of sp³-hybridized carbons (Fsp3) is 0.471. The molecule has 1 unspecified atom stereocenters. The molecule has 2 aliphatic heterocycles. The molecule has 14 heteroatoms. The van der Waals surface area contributed by atoms with Crippen LogP contribution in [0.2, 0.25) is 0 Å². The maximum absolute atomic E-state index is 14.0. The van der Waals surface area contributed by atoms with Crippen molar-refractivity contribution in [2.75, 3.05) is 64.6 Å². The molecule has 4 aromatic rings. The number of rotatable bonds is 10. The van der Waals surface area contributed by atoms with Crippen molar-refractivity contribution in [3.05, 3.63) is 76.3 Å². The lowest BCUT2D eigenvalue weighted by Gasteiger charge is -2.30. The highest BCUT2D eigenvalue weighted by molar-refractivity contribution is 7.88. The number of pyridine rings is 2. The van der Waals surface area contributed by atoms with E-state index in [0.29, 0.717) is 53.8 Å². The summed E-state index contributed by atoms with van der Waals surface area (Å²) in [6.07, 6.45) is 10.1. The Labute approximate surface area is 284 Å². The Bertz CT molecular complexity index is 1940. The molecule has 1 N–H and O–H groups in total. The quantitative estimate of drug-likeness (QED) is 0.264. The van der Waals surface area contributed by atoms with Gasteiger partial charge in [0.1, 0.15) is 5.65 Å². The van der Waals surface area contributed by atoms with Crippen LogP contribution in [0.5, 0.6) is 0 Å². The number of hydrogen-bond acceptors (Lipinski definition) is 9. The molecule has 2 fully saturated rings. The average molecular weight is 693 g/mol. The van der Waals surface area contributed by atoms with Crippen LogP contribution in [0, 0.1) is 0 Å². The zero-order valence-electron chi connectivity index (χ0n) is 28.0. The van der Waals surface area contributed by atoms with Gasteiger partial charge in [-0.1, -0.05) is 18.2 Å². The van der Waals surface area contributed by atoms with Crippen molar-refractivity contribution < 1.29 is 12.6 Å². The number of fused-ring (bicyclic) bond motifs is 1. The van der Waals surface area contributed by atoms with Gasteiger partial charge in [0.05, 0.1) is 28.5 Å². The maximum Gasteiger partial charge on any atom is 0.261 e. The molecule has 3 aromatic heterocycles. The lowest BCUT2D eigenvalue weighted by molar-refractivity contribution is 0.255. The highest BCUT2D eigenvalue weighted by atomic mass is 32.2. The third kappa shape index (κ3) is 7.84. The number of hydrogen-bond donors (Lipinski definition) is 1. The molecular weight excluding hydrogens is 649 g/mol. The Morgan fingerprint density at radius 2 is 1.58 bits per heavy atom. The molecule has 1 aromatic carbocycles. The molecule has 2 aliphatic rings. The topological polar surface area (TPSA) is 134 Å². The van der Waals surface area contributed by atoms with E-state index < -0.39 is 21.0 Å². The SMILES string of the molecule is CN1CCC(c2ccc(Nc3ncc4cc(-c5ccc(C6CCN(S(C)(=O)=O)CC6)cn5)c(=O)n(CCN(C)S(C)=O)c4n3)cc2)CC1. The van der Waals surface area contributed by atoms with E-state index in [2.05, 4.69) is 39.4 Å². The Kier molecular flexibility index (Phi) is 10.4. The summed E-state index contributed by atoms with van der Waals surface area (Å²) >= 11 is 0. The van der Waals surface area contributed by atoms with Crippen molar-refractivity contribution in [1.29, 1.82) is 0 Å². The Hall–Kier alpha value is -3.56. The fourth-order valence-corrected chi connectivity index (χ4v) is 7.83. The summed E-state index contributed by atoms with van der Waals surface area (Å²) in [4.78, 5) is 30.5. The number of anilines is 2. The van der Waals surface area contributed by atoms with Crippen molar-refractivity contribution in [2.45, 2.75) is 44.1 Å². The molecule has 256 valence electrons. The van der Waals surface area contributed by atoms with Crippen LogP contribution in [0.25, 0.3) is 22.3 Å². The van der Waals surface area contributed by atoms with E-state index >= 15 is 0 Å². The van der Waals surface area contributed by atoms with Crippen molar-refractivity contribution in [3.63, 3.8) is 0 Å². The molecule has 1 atom stereocenters. The van der Waals surface area contributed by atoms with Gasteiger partial charge in [0.25, 0.3) is 5.56 Å². The first-order valence-electron chi connectivity index (χ1n) is 16.4. The van der Waals surface area contributed by atoms with Gasteiger partial charge in [0.2, 0.25) is 16.0 Å². The highest BCUT2D eigenvalue weighted by Crippen LogP contribution is 2.31. The van der Waals surface area contributed by atoms with Gasteiger partial charge in [-0.25, -0.2) is 26.2 Å². The molecule has 6 rings (SSSR count). The van der Waals surface area contributed by atoms with Crippen molar-refractivity contribution >= 4 is 43.7 Å². The van der Waals surface area contributed by atoms with Crippen LogP contribution in [-0.2, 0) is 27.6 Å². The second-order valence-electron chi connectivity index (χ2n) is 13.0. The molecule has 0 saturated carbocycles. The molecule has 2 saturated heterocycles. The Morgan fingerprint density at radius 3 is 2.21 bits per heavy atom. The summed E-state index contributed by atoms with van der Waals surface area (Å²) in [6, 6.07) is 14.0. The molecule has 12 nitrogen and oxygen atoms in total. The van der Waals surface area contributed by atoms with Gasteiger partial charge in [-0.05, 0) is 100 Å². The zero-order chi connectivity index (χ0) is 34.0. The first kappa shape index (κ1) is 34.3. The smallest absolute Gasteiger partial charge is 0.261 e. The summed E-state index contributed by atoms with van der Waals surface area (Å²) in [5.41, 5.74) is 4.43. The summed E-state index contributed by atoms with van der Waals surface area (Å²) in [5.74, 6) is 1.15. The van der Waals surface area contributed by atoms with Gasteiger partial charge in [0.15, 0.2) is 0 Å². The first-order valence-corrected chi connectivity index (χ1v) is 19.7. The number of aromatic nitrogens is 4. The van der Waals surface area contributed by atoms with Gasteiger partial charge in [0, 0.05) is 55.9 Å².